The molecule has 0 spiro atoms. The van der Waals surface area contributed by atoms with E-state index in [0.717, 1.165) is 44.5 Å². The molecule has 5 heteroatoms. The Morgan fingerprint density at radius 2 is 2.04 bits per heavy atom. The first-order valence-electron chi connectivity index (χ1n) is 8.85. The molecule has 0 atom stereocenters. The summed E-state index contributed by atoms with van der Waals surface area (Å²) in [6, 6.07) is 3.25. The van der Waals surface area contributed by atoms with Gasteiger partial charge in [0, 0.05) is 24.7 Å². The van der Waals surface area contributed by atoms with Gasteiger partial charge in [0.2, 0.25) is 0 Å². The third-order valence-corrected chi connectivity index (χ3v) is 4.80. The second-order valence-electron chi connectivity index (χ2n) is 6.46. The molecule has 1 aliphatic rings. The van der Waals surface area contributed by atoms with Gasteiger partial charge in [-0.3, -0.25) is 4.79 Å². The first kappa shape index (κ1) is 17.0. The van der Waals surface area contributed by atoms with E-state index in [2.05, 4.69) is 16.8 Å². The lowest BCUT2D eigenvalue weighted by Crippen LogP contribution is -2.38. The number of piperidine rings is 1. The van der Waals surface area contributed by atoms with Crippen LogP contribution in [0.5, 0.6) is 5.75 Å². The quantitative estimate of drug-likeness (QED) is 0.912. The van der Waals surface area contributed by atoms with Gasteiger partial charge in [-0.1, -0.05) is 13.8 Å². The Kier molecular flexibility index (Phi) is 5.19. The topological polar surface area (TPSA) is 45.3 Å². The number of likely N-dealkylation sites (tertiary alicyclic amines) is 1. The van der Waals surface area contributed by atoms with E-state index in [1.54, 1.807) is 18.3 Å². The van der Waals surface area contributed by atoms with Crippen LogP contribution in [0, 0.1) is 5.82 Å². The third-order valence-electron chi connectivity index (χ3n) is 4.80. The number of pyridine rings is 1. The molecule has 2 heterocycles. The molecule has 2 aromatic rings. The number of ether oxygens (including phenoxy) is 1. The zero-order chi connectivity index (χ0) is 17.1. The molecule has 0 amide bonds. The molecule has 3 rings (SSSR count). The number of aromatic nitrogens is 1. The van der Waals surface area contributed by atoms with E-state index < -0.39 is 5.82 Å². The van der Waals surface area contributed by atoms with Gasteiger partial charge in [0.25, 0.3) is 5.56 Å². The summed E-state index contributed by atoms with van der Waals surface area (Å²) in [7, 11) is 0. The predicted octanol–water partition coefficient (Wildman–Crippen LogP) is 3.48. The predicted molar refractivity (Wildman–Crippen MR) is 94.3 cm³/mol. The summed E-state index contributed by atoms with van der Waals surface area (Å²) in [6.45, 7) is 7.23. The summed E-state index contributed by atoms with van der Waals surface area (Å²) in [6.07, 6.45) is 5.27. The Morgan fingerprint density at radius 3 is 2.71 bits per heavy atom. The number of halogens is 1. The van der Waals surface area contributed by atoms with Gasteiger partial charge in [0.15, 0.2) is 11.6 Å². The molecule has 0 radical (unpaired) electrons. The zero-order valence-corrected chi connectivity index (χ0v) is 14.4. The van der Waals surface area contributed by atoms with Crippen molar-refractivity contribution in [3.05, 3.63) is 40.1 Å². The number of nitrogens with one attached hydrogen (secondary N) is 1. The molecule has 1 aromatic carbocycles. The number of aromatic amines is 1. The number of H-pyrrole nitrogens is 1. The van der Waals surface area contributed by atoms with Crippen LogP contribution in [0.1, 0.15) is 38.7 Å². The van der Waals surface area contributed by atoms with Gasteiger partial charge in [-0.15, -0.1) is 0 Å². The van der Waals surface area contributed by atoms with Gasteiger partial charge < -0.3 is 14.6 Å². The third kappa shape index (κ3) is 3.31. The molecule has 1 N–H and O–H groups in total. The maximum atomic E-state index is 15.0. The van der Waals surface area contributed by atoms with Crippen molar-refractivity contribution in [3.8, 4) is 5.75 Å². The number of hydrogen-bond acceptors (Lipinski definition) is 3. The van der Waals surface area contributed by atoms with E-state index in [1.165, 1.54) is 0 Å². The molecule has 1 aromatic heterocycles. The van der Waals surface area contributed by atoms with E-state index >= 15 is 0 Å². The first-order chi connectivity index (χ1) is 11.6. The summed E-state index contributed by atoms with van der Waals surface area (Å²) in [5.41, 5.74) is 0.533. The van der Waals surface area contributed by atoms with Crippen LogP contribution >= 0.6 is 0 Å². The average molecular weight is 332 g/mol. The maximum Gasteiger partial charge on any atom is 0.255 e. The summed E-state index contributed by atoms with van der Waals surface area (Å²) in [4.78, 5) is 17.0. The fraction of sp³-hybridized carbons (Fsp3) is 0.526. The van der Waals surface area contributed by atoms with Crippen molar-refractivity contribution in [2.45, 2.75) is 45.6 Å². The van der Waals surface area contributed by atoms with Crippen LogP contribution in [0.3, 0.4) is 0 Å². The maximum absolute atomic E-state index is 15.0. The van der Waals surface area contributed by atoms with Crippen LogP contribution in [0.2, 0.25) is 0 Å². The highest BCUT2D eigenvalue weighted by Crippen LogP contribution is 2.29. The summed E-state index contributed by atoms with van der Waals surface area (Å²) in [5.74, 6) is -0.150. The lowest BCUT2D eigenvalue weighted by atomic mass is 10.0. The normalized spacial score (nSPS) is 16.6. The van der Waals surface area contributed by atoms with Crippen molar-refractivity contribution in [1.29, 1.82) is 0 Å². The van der Waals surface area contributed by atoms with Crippen LogP contribution in [0.15, 0.2) is 23.1 Å². The minimum absolute atomic E-state index is 0.0390. The summed E-state index contributed by atoms with van der Waals surface area (Å²) in [5, 5.41) is 0.777. The molecule has 0 bridgehead atoms. The number of benzene rings is 1. The fourth-order valence-corrected chi connectivity index (χ4v) is 3.48. The van der Waals surface area contributed by atoms with Crippen molar-refractivity contribution in [3.63, 3.8) is 0 Å². The standard InChI is InChI=1S/C19H25FN2O2/c1-3-9-22-10-7-14(8-11-22)24-16-6-5-15-17(18(16)20)13(4-2)12-21-19(15)23/h5-6,12,14H,3-4,7-11H2,1-2H3,(H,21,23). The number of nitrogens with zero attached hydrogens (tertiary/aromatic N) is 1. The minimum atomic E-state index is -0.411. The Bertz CT molecular complexity index is 764. The summed E-state index contributed by atoms with van der Waals surface area (Å²) < 4.78 is 20.9. The van der Waals surface area contributed by atoms with Crippen LogP contribution in [0.4, 0.5) is 4.39 Å². The number of aryl methyl sites for hydroxylation is 1. The highest BCUT2D eigenvalue weighted by atomic mass is 19.1. The second kappa shape index (κ2) is 7.34. The van der Waals surface area contributed by atoms with E-state index in [0.29, 0.717) is 17.2 Å². The van der Waals surface area contributed by atoms with Gasteiger partial charge >= 0.3 is 0 Å². The van der Waals surface area contributed by atoms with E-state index in [-0.39, 0.29) is 17.4 Å². The second-order valence-corrected chi connectivity index (χ2v) is 6.46. The molecular formula is C19H25FN2O2. The molecule has 0 unspecified atom stereocenters. The number of hydrogen-bond donors (Lipinski definition) is 1. The van der Waals surface area contributed by atoms with Gasteiger partial charge in [-0.25, -0.2) is 4.39 Å². The number of fused-ring (bicyclic) bond motifs is 1. The van der Waals surface area contributed by atoms with Gasteiger partial charge in [-0.2, -0.15) is 0 Å². The SMILES string of the molecule is CCCN1CCC(Oc2ccc3c(=O)[nH]cc(CC)c3c2F)CC1. The molecule has 24 heavy (non-hydrogen) atoms. The van der Waals surface area contributed by atoms with Gasteiger partial charge in [-0.05, 0) is 49.9 Å². The molecule has 0 aliphatic carbocycles. The van der Waals surface area contributed by atoms with Gasteiger partial charge in [0.1, 0.15) is 6.10 Å². The molecule has 130 valence electrons. The summed E-state index contributed by atoms with van der Waals surface area (Å²) >= 11 is 0. The van der Waals surface area contributed by atoms with Crippen molar-refractivity contribution in [1.82, 2.24) is 9.88 Å². The zero-order valence-electron chi connectivity index (χ0n) is 14.4. The monoisotopic (exact) mass is 332 g/mol. The largest absolute Gasteiger partial charge is 0.487 e. The highest BCUT2D eigenvalue weighted by molar-refractivity contribution is 5.86. The van der Waals surface area contributed by atoms with E-state index in [9.17, 15) is 9.18 Å². The van der Waals surface area contributed by atoms with Gasteiger partial charge in [0.05, 0.1) is 5.39 Å². The highest BCUT2D eigenvalue weighted by Gasteiger charge is 2.22. The molecule has 1 saturated heterocycles. The number of rotatable bonds is 5. The molecule has 0 saturated carbocycles. The van der Waals surface area contributed by atoms with Crippen molar-refractivity contribution < 1.29 is 9.13 Å². The van der Waals surface area contributed by atoms with E-state index in [1.807, 2.05) is 6.92 Å². The van der Waals surface area contributed by atoms with Crippen molar-refractivity contribution in [2.75, 3.05) is 19.6 Å². The Hall–Kier alpha value is -1.88. The lowest BCUT2D eigenvalue weighted by Gasteiger charge is -2.32. The first-order valence-corrected chi connectivity index (χ1v) is 8.85. The molecule has 4 nitrogen and oxygen atoms in total. The Balaban J connectivity index is 1.83. The molecular weight excluding hydrogens is 307 g/mol. The van der Waals surface area contributed by atoms with Crippen LogP contribution in [0.25, 0.3) is 10.8 Å². The molecule has 1 aliphatic heterocycles. The van der Waals surface area contributed by atoms with Crippen LogP contribution in [-0.2, 0) is 6.42 Å². The van der Waals surface area contributed by atoms with Crippen LogP contribution in [-0.4, -0.2) is 35.6 Å². The smallest absolute Gasteiger partial charge is 0.255 e. The minimum Gasteiger partial charge on any atom is -0.487 e. The van der Waals surface area contributed by atoms with Crippen molar-refractivity contribution >= 4 is 10.8 Å². The average Bonchev–Trinajstić information content (AvgIpc) is 2.60. The lowest BCUT2D eigenvalue weighted by molar-refractivity contribution is 0.0975. The van der Waals surface area contributed by atoms with E-state index in [4.69, 9.17) is 4.74 Å². The Morgan fingerprint density at radius 1 is 1.29 bits per heavy atom. The van der Waals surface area contributed by atoms with Crippen LogP contribution < -0.4 is 10.3 Å². The Labute approximate surface area is 141 Å². The molecule has 1 fully saturated rings. The van der Waals surface area contributed by atoms with Crippen molar-refractivity contribution in [2.24, 2.45) is 0 Å². The fourth-order valence-electron chi connectivity index (χ4n) is 3.48.